The van der Waals surface area contributed by atoms with E-state index in [0.717, 1.165) is 70.5 Å². The minimum absolute atomic E-state index is 0.0869. The van der Waals surface area contributed by atoms with Crippen molar-refractivity contribution in [3.63, 3.8) is 0 Å². The van der Waals surface area contributed by atoms with E-state index in [-0.39, 0.29) is 17.6 Å². The maximum absolute atomic E-state index is 13.0. The Labute approximate surface area is 174 Å². The van der Waals surface area contributed by atoms with Crippen LogP contribution in [-0.2, 0) is 17.6 Å². The van der Waals surface area contributed by atoms with Crippen molar-refractivity contribution in [2.45, 2.75) is 32.1 Å². The molecule has 0 bridgehead atoms. The number of hydrogen-bond donors (Lipinski definition) is 3. The first kappa shape index (κ1) is 20.1. The Morgan fingerprint density at radius 1 is 1.14 bits per heavy atom. The van der Waals surface area contributed by atoms with Gasteiger partial charge in [-0.1, -0.05) is 0 Å². The van der Waals surface area contributed by atoms with Crippen molar-refractivity contribution in [2.75, 3.05) is 44.7 Å². The quantitative estimate of drug-likeness (QED) is 0.595. The highest BCUT2D eigenvalue weighted by Crippen LogP contribution is 2.38. The van der Waals surface area contributed by atoms with Gasteiger partial charge in [-0.05, 0) is 43.4 Å². The molecule has 0 spiro atoms. The summed E-state index contributed by atoms with van der Waals surface area (Å²) >= 11 is 1.53. The normalized spacial score (nSPS) is 17.0. The first-order valence-corrected chi connectivity index (χ1v) is 11.2. The Bertz CT molecular complexity index is 840. The van der Waals surface area contributed by atoms with Crippen LogP contribution < -0.4 is 15.5 Å². The van der Waals surface area contributed by atoms with Crippen LogP contribution in [-0.4, -0.2) is 51.2 Å². The number of ether oxygens (including phenoxy) is 1. The molecule has 1 aliphatic heterocycles. The van der Waals surface area contributed by atoms with Gasteiger partial charge in [-0.2, -0.15) is 0 Å². The summed E-state index contributed by atoms with van der Waals surface area (Å²) in [4.78, 5) is 28.2. The number of amides is 2. The van der Waals surface area contributed by atoms with Crippen molar-refractivity contribution in [3.05, 3.63) is 40.2 Å². The maximum Gasteiger partial charge on any atom is 0.291 e. The van der Waals surface area contributed by atoms with Gasteiger partial charge in [0.2, 0.25) is 0 Å². The number of rotatable bonds is 7. The van der Waals surface area contributed by atoms with Crippen molar-refractivity contribution in [2.24, 2.45) is 0 Å². The smallest absolute Gasteiger partial charge is 0.291 e. The molecule has 3 heterocycles. The van der Waals surface area contributed by atoms with Gasteiger partial charge in [0.05, 0.1) is 31.6 Å². The molecular weight excluding hydrogens is 390 g/mol. The van der Waals surface area contributed by atoms with E-state index in [1.165, 1.54) is 27.4 Å². The highest BCUT2D eigenvalue weighted by atomic mass is 32.1. The molecule has 2 amide bonds. The fraction of sp³-hybridized carbons (Fsp3) is 0.524. The summed E-state index contributed by atoms with van der Waals surface area (Å²) in [5, 5.41) is 6.61. The van der Waals surface area contributed by atoms with Crippen LogP contribution in [0.2, 0.25) is 0 Å². The van der Waals surface area contributed by atoms with E-state index in [2.05, 4.69) is 10.6 Å². The second-order valence-electron chi connectivity index (χ2n) is 7.57. The highest BCUT2D eigenvalue weighted by molar-refractivity contribution is 7.17. The van der Waals surface area contributed by atoms with Gasteiger partial charge in [0.15, 0.2) is 5.76 Å². The Morgan fingerprint density at radius 2 is 1.97 bits per heavy atom. The second-order valence-corrected chi connectivity index (χ2v) is 8.67. The first-order chi connectivity index (χ1) is 14.2. The van der Waals surface area contributed by atoms with Crippen LogP contribution in [0.15, 0.2) is 22.8 Å². The van der Waals surface area contributed by atoms with Crippen LogP contribution in [0.5, 0.6) is 0 Å². The van der Waals surface area contributed by atoms with Gasteiger partial charge in [0.1, 0.15) is 18.1 Å². The number of furan rings is 1. The molecule has 0 aromatic carbocycles. The van der Waals surface area contributed by atoms with E-state index < -0.39 is 0 Å². The van der Waals surface area contributed by atoms with Crippen molar-refractivity contribution in [3.8, 4) is 0 Å². The van der Waals surface area contributed by atoms with E-state index in [4.69, 9.17) is 9.15 Å². The number of fused-ring (bicyclic) bond motifs is 1. The number of hydrogen-bond acceptors (Lipinski definition) is 5. The van der Waals surface area contributed by atoms with Crippen LogP contribution in [0.3, 0.4) is 0 Å². The number of morpholine rings is 1. The third-order valence-electron chi connectivity index (χ3n) is 5.56. The standard InChI is InChI=1S/C21H27N3O4S/c25-19(16-6-3-12-28-16)23-21-18(15-5-1-2-7-17(15)29-21)20(26)22-8-4-9-24-10-13-27-14-11-24/h3,6,12H,1-2,4-5,7-11,13-14H2,(H,22,26)(H,23,25)/p+1. The molecule has 0 saturated carbocycles. The van der Waals surface area contributed by atoms with Gasteiger partial charge < -0.3 is 24.7 Å². The van der Waals surface area contributed by atoms with E-state index in [9.17, 15) is 9.59 Å². The molecule has 1 aliphatic carbocycles. The number of aryl methyl sites for hydroxylation is 1. The zero-order valence-corrected chi connectivity index (χ0v) is 17.4. The summed E-state index contributed by atoms with van der Waals surface area (Å²) in [5.74, 6) is -0.161. The molecule has 0 radical (unpaired) electrons. The average molecular weight is 419 g/mol. The van der Waals surface area contributed by atoms with Crippen LogP contribution in [0.4, 0.5) is 5.00 Å². The second kappa shape index (κ2) is 9.56. The molecule has 156 valence electrons. The summed E-state index contributed by atoms with van der Waals surface area (Å²) in [6.07, 6.45) is 6.47. The van der Waals surface area contributed by atoms with Crippen LogP contribution in [0.25, 0.3) is 0 Å². The molecule has 1 fully saturated rings. The molecule has 8 heteroatoms. The molecule has 2 aromatic heterocycles. The van der Waals surface area contributed by atoms with Crippen molar-refractivity contribution in [1.82, 2.24) is 5.32 Å². The summed E-state index contributed by atoms with van der Waals surface area (Å²) in [6, 6.07) is 3.30. The first-order valence-electron chi connectivity index (χ1n) is 10.4. The number of anilines is 1. The minimum atomic E-state index is -0.321. The fourth-order valence-electron chi connectivity index (χ4n) is 4.01. The van der Waals surface area contributed by atoms with Crippen LogP contribution in [0, 0.1) is 0 Å². The topological polar surface area (TPSA) is 85.0 Å². The molecule has 7 nitrogen and oxygen atoms in total. The molecule has 4 rings (SSSR count). The van der Waals surface area contributed by atoms with Gasteiger partial charge >= 0.3 is 0 Å². The molecule has 0 unspecified atom stereocenters. The lowest BCUT2D eigenvalue weighted by Gasteiger charge is -2.23. The summed E-state index contributed by atoms with van der Waals surface area (Å²) in [6.45, 7) is 5.39. The summed E-state index contributed by atoms with van der Waals surface area (Å²) in [5.41, 5.74) is 1.75. The van der Waals surface area contributed by atoms with E-state index in [1.807, 2.05) is 0 Å². The lowest BCUT2D eigenvalue weighted by Crippen LogP contribution is -3.14. The number of carbonyl (C=O) groups is 2. The van der Waals surface area contributed by atoms with Gasteiger partial charge in [-0.25, -0.2) is 0 Å². The molecule has 29 heavy (non-hydrogen) atoms. The number of carbonyl (C=O) groups excluding carboxylic acids is 2. The van der Waals surface area contributed by atoms with E-state index in [0.29, 0.717) is 17.1 Å². The van der Waals surface area contributed by atoms with Crippen molar-refractivity contribution in [1.29, 1.82) is 0 Å². The van der Waals surface area contributed by atoms with Crippen molar-refractivity contribution < 1.29 is 23.6 Å². The van der Waals surface area contributed by atoms with Gasteiger partial charge in [0, 0.05) is 17.8 Å². The summed E-state index contributed by atoms with van der Waals surface area (Å²) in [7, 11) is 0. The monoisotopic (exact) mass is 418 g/mol. The lowest BCUT2D eigenvalue weighted by molar-refractivity contribution is -0.908. The molecule has 2 aliphatic rings. The number of thiophene rings is 1. The lowest BCUT2D eigenvalue weighted by atomic mass is 9.95. The average Bonchev–Trinajstić information content (AvgIpc) is 3.39. The molecule has 3 N–H and O–H groups in total. The Hall–Kier alpha value is -2.16. The zero-order chi connectivity index (χ0) is 20.1. The molecule has 1 saturated heterocycles. The minimum Gasteiger partial charge on any atom is -0.459 e. The van der Waals surface area contributed by atoms with E-state index >= 15 is 0 Å². The van der Waals surface area contributed by atoms with Crippen LogP contribution >= 0.6 is 11.3 Å². The third kappa shape index (κ3) is 4.88. The predicted molar refractivity (Wildman–Crippen MR) is 111 cm³/mol. The Kier molecular flexibility index (Phi) is 6.63. The molecule has 2 aromatic rings. The van der Waals surface area contributed by atoms with Crippen molar-refractivity contribution >= 4 is 28.2 Å². The maximum atomic E-state index is 13.0. The Balaban J connectivity index is 1.41. The SMILES string of the molecule is O=C(Nc1sc2c(c1C(=O)NCCC[NH+]1CCOCC1)CCCC2)c1ccco1. The van der Waals surface area contributed by atoms with Gasteiger partial charge in [0.25, 0.3) is 11.8 Å². The zero-order valence-electron chi connectivity index (χ0n) is 16.6. The molecular formula is C21H28N3O4S+. The Morgan fingerprint density at radius 3 is 2.76 bits per heavy atom. The van der Waals surface area contributed by atoms with Gasteiger partial charge in [-0.3, -0.25) is 9.59 Å². The number of quaternary nitrogens is 1. The largest absolute Gasteiger partial charge is 0.459 e. The number of nitrogens with one attached hydrogen (secondary N) is 3. The molecule has 0 atom stereocenters. The summed E-state index contributed by atoms with van der Waals surface area (Å²) < 4.78 is 10.6. The van der Waals surface area contributed by atoms with Crippen LogP contribution in [0.1, 0.15) is 50.6 Å². The third-order valence-corrected chi connectivity index (χ3v) is 6.77. The fourth-order valence-corrected chi connectivity index (χ4v) is 5.29. The van der Waals surface area contributed by atoms with E-state index in [1.54, 1.807) is 12.1 Å². The van der Waals surface area contributed by atoms with Gasteiger partial charge in [-0.15, -0.1) is 11.3 Å². The highest BCUT2D eigenvalue weighted by Gasteiger charge is 2.27. The predicted octanol–water partition coefficient (Wildman–Crippen LogP) is 1.51.